The van der Waals surface area contributed by atoms with E-state index < -0.39 is 0 Å². The molecule has 2 aliphatic heterocycles. The Balaban J connectivity index is 1.87. The molecule has 6 heterocycles. The summed E-state index contributed by atoms with van der Waals surface area (Å²) in [7, 11) is 0. The number of hydrogen-bond acceptors (Lipinski definition) is 3. The molecule has 0 saturated carbocycles. The van der Waals surface area contributed by atoms with Gasteiger partial charge in [-0.05, 0) is 129 Å². The van der Waals surface area contributed by atoms with E-state index in [1.807, 2.05) is 18.3 Å². The van der Waals surface area contributed by atoms with Crippen LogP contribution < -0.4 is 0 Å². The predicted octanol–water partition coefficient (Wildman–Crippen LogP) is 9.02. The van der Waals surface area contributed by atoms with Crippen molar-refractivity contribution in [3.63, 3.8) is 0 Å². The Hall–Kier alpha value is -4.25. The van der Waals surface area contributed by atoms with Gasteiger partial charge in [0, 0.05) is 28.3 Å². The summed E-state index contributed by atoms with van der Waals surface area (Å²) in [5.74, 6) is 0. The largest absolute Gasteiger partial charge is 0.355 e. The number of fused-ring (bicyclic) bond motifs is 8. The van der Waals surface area contributed by atoms with E-state index in [-0.39, 0.29) is 0 Å². The first-order valence-corrected chi connectivity index (χ1v) is 14.3. The van der Waals surface area contributed by atoms with Gasteiger partial charge in [0.25, 0.3) is 0 Å². The van der Waals surface area contributed by atoms with E-state index in [9.17, 15) is 0 Å². The van der Waals surface area contributed by atoms with E-state index in [1.165, 1.54) is 33.4 Å². The van der Waals surface area contributed by atoms with E-state index in [2.05, 4.69) is 89.6 Å². The van der Waals surface area contributed by atoms with Crippen LogP contribution in [0.1, 0.15) is 86.6 Å². The third-order valence-electron chi connectivity index (χ3n) is 8.92. The molecule has 5 nitrogen and oxygen atoms in total. The maximum atomic E-state index is 5.27. The number of hydrogen-bond donors (Lipinski definition) is 2. The fraction of sp³-hybridized carbons (Fsp3) is 0.286. The highest BCUT2D eigenvalue weighted by Crippen LogP contribution is 2.41. The van der Waals surface area contributed by atoms with Gasteiger partial charge in [0.1, 0.15) is 0 Å². The molecule has 0 spiro atoms. The van der Waals surface area contributed by atoms with Gasteiger partial charge in [0.15, 0.2) is 0 Å². The minimum absolute atomic E-state index is 0.885. The zero-order valence-electron chi connectivity index (χ0n) is 24.8. The number of rotatable bonds is 3. The van der Waals surface area contributed by atoms with Gasteiger partial charge in [-0.1, -0.05) is 19.9 Å². The molecule has 0 amide bonds. The number of H-pyrrole nitrogens is 2. The van der Waals surface area contributed by atoms with E-state index in [1.54, 1.807) is 0 Å². The summed E-state index contributed by atoms with van der Waals surface area (Å²) in [5.41, 5.74) is 20.1. The molecule has 2 aliphatic rings. The van der Waals surface area contributed by atoms with E-state index >= 15 is 0 Å². The third kappa shape index (κ3) is 3.95. The summed E-state index contributed by atoms with van der Waals surface area (Å²) in [4.78, 5) is 22.8. The number of allylic oxidation sites excluding steroid dienone is 4. The van der Waals surface area contributed by atoms with E-state index in [4.69, 9.17) is 15.0 Å². The topological polar surface area (TPSA) is 70.2 Å². The molecule has 5 heteroatoms. The van der Waals surface area contributed by atoms with Gasteiger partial charge < -0.3 is 9.97 Å². The number of nitrogens with one attached hydrogen (secondary N) is 2. The molecule has 0 aliphatic carbocycles. The van der Waals surface area contributed by atoms with Crippen molar-refractivity contribution < 1.29 is 0 Å². The highest BCUT2D eigenvalue weighted by atomic mass is 14.8. The van der Waals surface area contributed by atoms with Crippen molar-refractivity contribution in [2.24, 2.45) is 0 Å². The lowest BCUT2D eigenvalue weighted by Crippen LogP contribution is -1.94. The van der Waals surface area contributed by atoms with Gasteiger partial charge in [0.2, 0.25) is 0 Å². The van der Waals surface area contributed by atoms with Crippen molar-refractivity contribution in [2.45, 2.75) is 68.2 Å². The van der Waals surface area contributed by atoms with Crippen LogP contribution in [0.5, 0.6) is 0 Å². The minimum atomic E-state index is 0.885. The molecule has 2 N–H and O–H groups in total. The van der Waals surface area contributed by atoms with Crippen LogP contribution in [0.3, 0.4) is 0 Å². The zero-order valence-corrected chi connectivity index (χ0v) is 24.8. The summed E-state index contributed by atoms with van der Waals surface area (Å²) in [6.45, 7) is 17.5. The Morgan fingerprint density at radius 1 is 0.575 bits per heavy atom. The van der Waals surface area contributed by atoms with Crippen LogP contribution in [-0.2, 0) is 12.8 Å². The first-order chi connectivity index (χ1) is 19.2. The fourth-order valence-corrected chi connectivity index (χ4v) is 6.17. The Labute approximate surface area is 236 Å². The lowest BCUT2D eigenvalue weighted by molar-refractivity contribution is 1.14. The average Bonchev–Trinajstić information content (AvgIpc) is 3.60. The molecule has 4 aromatic heterocycles. The molecule has 4 aromatic rings. The summed E-state index contributed by atoms with van der Waals surface area (Å²) >= 11 is 0. The maximum absolute atomic E-state index is 5.27. The van der Waals surface area contributed by atoms with Crippen LogP contribution in [-0.4, -0.2) is 24.9 Å². The van der Waals surface area contributed by atoms with Crippen LogP contribution in [0.4, 0.5) is 0 Å². The number of nitrogens with zero attached hydrogens (tertiary/aromatic N) is 3. The fourth-order valence-electron chi connectivity index (χ4n) is 6.17. The van der Waals surface area contributed by atoms with Crippen LogP contribution in [0.15, 0.2) is 42.6 Å². The van der Waals surface area contributed by atoms with Crippen molar-refractivity contribution in [3.05, 3.63) is 87.6 Å². The van der Waals surface area contributed by atoms with Gasteiger partial charge in [-0.25, -0.2) is 9.97 Å². The molecule has 0 aromatic carbocycles. The van der Waals surface area contributed by atoms with Gasteiger partial charge in [0.05, 0.1) is 34.0 Å². The molecule has 202 valence electrons. The van der Waals surface area contributed by atoms with Crippen molar-refractivity contribution in [1.82, 2.24) is 24.9 Å². The van der Waals surface area contributed by atoms with E-state index in [0.717, 1.165) is 80.1 Å². The second-order valence-corrected chi connectivity index (χ2v) is 11.0. The van der Waals surface area contributed by atoms with Crippen LogP contribution >= 0.6 is 0 Å². The molecule has 8 bridgehead atoms. The molecule has 0 atom stereocenters. The maximum Gasteiger partial charge on any atom is 0.0785 e. The van der Waals surface area contributed by atoms with Gasteiger partial charge in [-0.15, -0.1) is 0 Å². The molecule has 6 rings (SSSR count). The Bertz CT molecular complexity index is 1790. The molecular weight excluding hydrogens is 490 g/mol. The quantitative estimate of drug-likeness (QED) is 0.279. The van der Waals surface area contributed by atoms with Gasteiger partial charge in [-0.2, -0.15) is 0 Å². The summed E-state index contributed by atoms with van der Waals surface area (Å²) < 4.78 is 0. The Kier molecular flexibility index (Phi) is 6.33. The normalized spacial score (nSPS) is 13.5. The van der Waals surface area contributed by atoms with Gasteiger partial charge >= 0.3 is 0 Å². The monoisotopic (exact) mass is 527 g/mol. The first-order valence-electron chi connectivity index (χ1n) is 14.3. The van der Waals surface area contributed by atoms with Gasteiger partial charge in [-0.3, -0.25) is 4.98 Å². The number of aromatic nitrogens is 5. The van der Waals surface area contributed by atoms with Crippen molar-refractivity contribution in [1.29, 1.82) is 0 Å². The first kappa shape index (κ1) is 26.0. The lowest BCUT2D eigenvalue weighted by Gasteiger charge is -2.08. The third-order valence-corrected chi connectivity index (χ3v) is 8.92. The second kappa shape index (κ2) is 9.74. The lowest BCUT2D eigenvalue weighted by atomic mass is 9.97. The minimum Gasteiger partial charge on any atom is -0.355 e. The number of pyridine rings is 1. The van der Waals surface area contributed by atoms with Crippen molar-refractivity contribution in [2.75, 3.05) is 0 Å². The number of aromatic amines is 2. The Morgan fingerprint density at radius 3 is 1.50 bits per heavy atom. The summed E-state index contributed by atoms with van der Waals surface area (Å²) in [6, 6.07) is 12.8. The molecule has 0 radical (unpaired) electrons. The predicted molar refractivity (Wildman–Crippen MR) is 169 cm³/mol. The zero-order chi connectivity index (χ0) is 28.3. The van der Waals surface area contributed by atoms with Crippen molar-refractivity contribution >= 4 is 44.4 Å². The van der Waals surface area contributed by atoms with E-state index in [0.29, 0.717) is 0 Å². The summed E-state index contributed by atoms with van der Waals surface area (Å²) in [5, 5.41) is 0. The second-order valence-electron chi connectivity index (χ2n) is 11.0. The van der Waals surface area contributed by atoms with Crippen molar-refractivity contribution in [3.8, 4) is 11.3 Å². The molecule has 40 heavy (non-hydrogen) atoms. The highest BCUT2D eigenvalue weighted by molar-refractivity contribution is 6.01. The summed E-state index contributed by atoms with van der Waals surface area (Å²) in [6.07, 6.45) is 3.76. The standard InChI is InChI=1S/C35H37N5/c1-9-24-22(7)29-15-27-18(3)20(5)34(39-27)33(26-13-11-12-14-36-26)35-21(6)19(4)28(40-35)16-30-23(8)25(10-2)32(38-30)17-31(24)37-29/h11-17,37-38H,9-10H2,1-8H3. The smallest absolute Gasteiger partial charge is 0.0785 e. The molecule has 0 unspecified atom stereocenters. The number of aryl methyl sites for hydroxylation is 4. The Morgan fingerprint density at radius 2 is 1.07 bits per heavy atom. The van der Waals surface area contributed by atoms with Crippen LogP contribution in [0.2, 0.25) is 0 Å². The molecule has 0 fully saturated rings. The average molecular weight is 528 g/mol. The highest BCUT2D eigenvalue weighted by Gasteiger charge is 2.25. The molecule has 0 saturated heterocycles. The van der Waals surface area contributed by atoms with Crippen LogP contribution in [0, 0.1) is 13.8 Å². The molecular formula is C35H37N5. The van der Waals surface area contributed by atoms with Crippen LogP contribution in [0.25, 0.3) is 55.6 Å². The SMILES string of the molecule is CCc1c(C)c2cc3nc(c(-c4ccccn4)c4nc(cc5[nH]c(cc1[nH]2)c(CC)c5C)C(C)=C4C)C(C)=C3C.